The van der Waals surface area contributed by atoms with Gasteiger partial charge in [-0.15, -0.1) is 0 Å². The van der Waals surface area contributed by atoms with Gasteiger partial charge in [0.15, 0.2) is 0 Å². The fraction of sp³-hybridized carbons (Fsp3) is 0.190. The maximum absolute atomic E-state index is 14.7. The quantitative estimate of drug-likeness (QED) is 0.519. The highest BCUT2D eigenvalue weighted by Gasteiger charge is 2.25. The Morgan fingerprint density at radius 3 is 2.63 bits per heavy atom. The average molecular weight is 362 g/mol. The lowest BCUT2D eigenvalue weighted by Crippen LogP contribution is -1.98. The topological polar surface area (TPSA) is 43.6 Å². The van der Waals surface area contributed by atoms with E-state index < -0.39 is 11.6 Å². The summed E-state index contributed by atoms with van der Waals surface area (Å²) in [5, 5.41) is 0. The predicted molar refractivity (Wildman–Crippen MR) is 99.2 cm³/mol. The highest BCUT2D eigenvalue weighted by Crippen LogP contribution is 2.38. The van der Waals surface area contributed by atoms with Crippen LogP contribution in [0.3, 0.4) is 0 Å². The predicted octanol–water partition coefficient (Wildman–Crippen LogP) is 4.69. The number of imidazole rings is 1. The lowest BCUT2D eigenvalue weighted by molar-refractivity contribution is 0.595. The van der Waals surface area contributed by atoms with E-state index in [1.54, 1.807) is 19.3 Å². The normalized spacial score (nSPS) is 13.3. The van der Waals surface area contributed by atoms with Gasteiger partial charge in [0.2, 0.25) is 0 Å². The summed E-state index contributed by atoms with van der Waals surface area (Å²) in [6.07, 6.45) is 5.11. The van der Waals surface area contributed by atoms with Crippen molar-refractivity contribution < 1.29 is 8.78 Å². The number of hydrogen-bond donors (Lipinski definition) is 0. The maximum atomic E-state index is 14.7. The van der Waals surface area contributed by atoms with Crippen LogP contribution in [-0.2, 0) is 13.0 Å². The molecule has 3 heterocycles. The van der Waals surface area contributed by atoms with Gasteiger partial charge in [-0.3, -0.25) is 9.97 Å². The Kier molecular flexibility index (Phi) is 3.53. The summed E-state index contributed by atoms with van der Waals surface area (Å²) in [7, 11) is 0. The molecule has 5 rings (SSSR count). The minimum absolute atomic E-state index is 0.189. The van der Waals surface area contributed by atoms with Gasteiger partial charge < -0.3 is 4.57 Å². The Balaban J connectivity index is 1.78. The molecular weight excluding hydrogens is 346 g/mol. The second kappa shape index (κ2) is 5.94. The van der Waals surface area contributed by atoms with Crippen LogP contribution in [0.5, 0.6) is 0 Å². The number of nitrogens with zero attached hydrogens (tertiary/aromatic N) is 4. The number of benzene rings is 2. The van der Waals surface area contributed by atoms with Crippen molar-refractivity contribution in [3.63, 3.8) is 0 Å². The van der Waals surface area contributed by atoms with E-state index in [2.05, 4.69) is 19.5 Å². The van der Waals surface area contributed by atoms with Gasteiger partial charge in [-0.05, 0) is 43.2 Å². The molecule has 0 fully saturated rings. The summed E-state index contributed by atoms with van der Waals surface area (Å²) < 4.78 is 31.0. The molecular formula is C21H16F2N4. The number of aryl methyl sites for hydroxylation is 2. The van der Waals surface area contributed by atoms with Crippen LogP contribution in [-0.4, -0.2) is 19.5 Å². The van der Waals surface area contributed by atoms with Crippen molar-refractivity contribution >= 4 is 11.0 Å². The summed E-state index contributed by atoms with van der Waals surface area (Å²) >= 11 is 0. The zero-order valence-corrected chi connectivity index (χ0v) is 14.7. The summed E-state index contributed by atoms with van der Waals surface area (Å²) in [6, 6.07) is 8.22. The average Bonchev–Trinajstić information content (AvgIpc) is 3.25. The molecule has 6 heteroatoms. The summed E-state index contributed by atoms with van der Waals surface area (Å²) in [6.45, 7) is 2.37. The van der Waals surface area contributed by atoms with Gasteiger partial charge in [0, 0.05) is 36.5 Å². The van der Waals surface area contributed by atoms with Crippen LogP contribution in [0.25, 0.3) is 33.5 Å². The molecule has 0 bridgehead atoms. The van der Waals surface area contributed by atoms with Gasteiger partial charge >= 0.3 is 0 Å². The first-order chi connectivity index (χ1) is 13.1. The van der Waals surface area contributed by atoms with Gasteiger partial charge in [0.1, 0.15) is 17.5 Å². The zero-order valence-electron chi connectivity index (χ0n) is 14.7. The molecule has 0 amide bonds. The van der Waals surface area contributed by atoms with E-state index in [4.69, 9.17) is 0 Å². The van der Waals surface area contributed by atoms with Crippen LogP contribution in [0.4, 0.5) is 8.78 Å². The van der Waals surface area contributed by atoms with E-state index in [9.17, 15) is 8.78 Å². The molecule has 4 nitrogen and oxygen atoms in total. The van der Waals surface area contributed by atoms with Crippen molar-refractivity contribution in [2.75, 3.05) is 0 Å². The molecule has 0 saturated heterocycles. The van der Waals surface area contributed by atoms with Gasteiger partial charge in [-0.25, -0.2) is 13.8 Å². The van der Waals surface area contributed by atoms with Crippen LogP contribution in [0, 0.1) is 18.6 Å². The molecule has 0 atom stereocenters. The van der Waals surface area contributed by atoms with Crippen molar-refractivity contribution in [2.45, 2.75) is 26.3 Å². The molecule has 0 radical (unpaired) electrons. The Labute approximate surface area is 154 Å². The minimum Gasteiger partial charge on any atom is -0.327 e. The lowest BCUT2D eigenvalue weighted by Gasteiger charge is -2.10. The van der Waals surface area contributed by atoms with Gasteiger partial charge in [-0.2, -0.15) is 0 Å². The van der Waals surface area contributed by atoms with Gasteiger partial charge in [-0.1, -0.05) is 6.07 Å². The van der Waals surface area contributed by atoms with Crippen molar-refractivity contribution in [1.29, 1.82) is 0 Å². The third-order valence-electron chi connectivity index (χ3n) is 5.07. The first kappa shape index (κ1) is 16.1. The smallest absolute Gasteiger partial charge is 0.133 e. The summed E-state index contributed by atoms with van der Waals surface area (Å²) in [5.74, 6) is 0.00187. The Morgan fingerprint density at radius 1 is 0.963 bits per heavy atom. The van der Waals surface area contributed by atoms with Crippen LogP contribution in [0.1, 0.15) is 17.8 Å². The Bertz CT molecular complexity index is 1200. The van der Waals surface area contributed by atoms with Crippen molar-refractivity contribution in [3.05, 3.63) is 65.7 Å². The number of hydrogen-bond acceptors (Lipinski definition) is 3. The molecule has 27 heavy (non-hydrogen) atoms. The number of aromatic nitrogens is 4. The van der Waals surface area contributed by atoms with Crippen LogP contribution in [0.15, 0.2) is 42.7 Å². The van der Waals surface area contributed by atoms with Crippen LogP contribution in [0.2, 0.25) is 0 Å². The van der Waals surface area contributed by atoms with Crippen LogP contribution >= 0.6 is 0 Å². The third-order valence-corrected chi connectivity index (χ3v) is 5.07. The van der Waals surface area contributed by atoms with E-state index in [1.165, 1.54) is 12.1 Å². The molecule has 1 aliphatic rings. The summed E-state index contributed by atoms with van der Waals surface area (Å²) in [4.78, 5) is 13.3. The molecule has 4 aromatic rings. The molecule has 134 valence electrons. The molecule has 0 spiro atoms. The van der Waals surface area contributed by atoms with Gasteiger partial charge in [0.05, 0.1) is 22.4 Å². The highest BCUT2D eigenvalue weighted by atomic mass is 19.1. The van der Waals surface area contributed by atoms with Gasteiger partial charge in [0.25, 0.3) is 0 Å². The van der Waals surface area contributed by atoms with E-state index in [0.29, 0.717) is 5.69 Å². The SMILES string of the molecule is Cc1cc(F)c(-c2nc3n(c2-c2ccc4nccnc4c2)CCC3)cc1F. The Morgan fingerprint density at radius 2 is 1.78 bits per heavy atom. The lowest BCUT2D eigenvalue weighted by atomic mass is 10.0. The van der Waals surface area contributed by atoms with E-state index >= 15 is 0 Å². The number of fused-ring (bicyclic) bond motifs is 2. The monoisotopic (exact) mass is 362 g/mol. The number of halogens is 2. The molecule has 0 saturated carbocycles. The van der Waals surface area contributed by atoms with Crippen molar-refractivity contribution in [3.8, 4) is 22.5 Å². The summed E-state index contributed by atoms with van der Waals surface area (Å²) in [5.41, 5.74) is 4.17. The molecule has 0 N–H and O–H groups in total. The highest BCUT2D eigenvalue weighted by molar-refractivity contribution is 5.86. The Hall–Kier alpha value is -3.15. The van der Waals surface area contributed by atoms with Crippen molar-refractivity contribution in [2.24, 2.45) is 0 Å². The third kappa shape index (κ3) is 2.51. The fourth-order valence-electron chi connectivity index (χ4n) is 3.74. The molecule has 0 unspecified atom stereocenters. The zero-order chi connectivity index (χ0) is 18.5. The maximum Gasteiger partial charge on any atom is 0.133 e. The largest absolute Gasteiger partial charge is 0.327 e. The molecule has 2 aromatic carbocycles. The second-order valence-corrected chi connectivity index (χ2v) is 6.82. The first-order valence-corrected chi connectivity index (χ1v) is 8.88. The fourth-order valence-corrected chi connectivity index (χ4v) is 3.74. The van der Waals surface area contributed by atoms with Crippen LogP contribution < -0.4 is 0 Å². The first-order valence-electron chi connectivity index (χ1n) is 8.88. The van der Waals surface area contributed by atoms with E-state index in [0.717, 1.165) is 47.5 Å². The molecule has 0 aliphatic carbocycles. The van der Waals surface area contributed by atoms with E-state index in [-0.39, 0.29) is 11.1 Å². The van der Waals surface area contributed by atoms with E-state index in [1.807, 2.05) is 18.2 Å². The minimum atomic E-state index is -0.465. The second-order valence-electron chi connectivity index (χ2n) is 6.82. The number of rotatable bonds is 2. The molecule has 2 aromatic heterocycles. The molecule has 1 aliphatic heterocycles. The standard InChI is InChI=1S/C21H16F2N4/c1-12-9-16(23)14(11-15(12)22)20-21(27-8-2-3-19(27)26-20)13-4-5-17-18(10-13)25-7-6-24-17/h4-7,9-11H,2-3,8H2,1H3. The van der Waals surface area contributed by atoms with Crippen molar-refractivity contribution in [1.82, 2.24) is 19.5 Å².